The number of sulfonamides is 1. The van der Waals surface area contributed by atoms with E-state index in [9.17, 15) is 8.42 Å². The van der Waals surface area contributed by atoms with Gasteiger partial charge in [0.1, 0.15) is 11.5 Å². The lowest BCUT2D eigenvalue weighted by Gasteiger charge is -1.98. The highest BCUT2D eigenvalue weighted by atomic mass is 32.2. The van der Waals surface area contributed by atoms with Crippen molar-refractivity contribution in [2.24, 2.45) is 4.40 Å². The van der Waals surface area contributed by atoms with Gasteiger partial charge in [0.2, 0.25) is 0 Å². The third kappa shape index (κ3) is 2.87. The van der Waals surface area contributed by atoms with E-state index in [1.165, 1.54) is 18.3 Å². The molecule has 0 saturated carbocycles. The molecule has 0 bridgehead atoms. The van der Waals surface area contributed by atoms with E-state index < -0.39 is 10.0 Å². The van der Waals surface area contributed by atoms with Crippen molar-refractivity contribution in [2.75, 3.05) is 0 Å². The molecule has 5 heteroatoms. The molecular formula is C13H13NO3S. The van der Waals surface area contributed by atoms with Crippen LogP contribution in [0.4, 0.5) is 0 Å². The van der Waals surface area contributed by atoms with Gasteiger partial charge in [-0.2, -0.15) is 12.8 Å². The Morgan fingerprint density at radius 1 is 1.06 bits per heavy atom. The minimum atomic E-state index is -3.66. The molecule has 2 rings (SSSR count). The van der Waals surface area contributed by atoms with E-state index in [0.717, 1.165) is 5.56 Å². The Hall–Kier alpha value is -1.88. The molecule has 0 radical (unpaired) electrons. The lowest BCUT2D eigenvalue weighted by atomic mass is 10.2. The van der Waals surface area contributed by atoms with Crippen molar-refractivity contribution < 1.29 is 12.8 Å². The van der Waals surface area contributed by atoms with Crippen molar-refractivity contribution in [3.63, 3.8) is 0 Å². The second-order valence-corrected chi connectivity index (χ2v) is 5.60. The van der Waals surface area contributed by atoms with Crippen LogP contribution < -0.4 is 0 Å². The Morgan fingerprint density at radius 2 is 1.72 bits per heavy atom. The molecule has 0 aliphatic carbocycles. The Kier molecular flexibility index (Phi) is 3.34. The van der Waals surface area contributed by atoms with E-state index in [0.29, 0.717) is 11.5 Å². The summed E-state index contributed by atoms with van der Waals surface area (Å²) < 4.78 is 32.6. The summed E-state index contributed by atoms with van der Waals surface area (Å²) in [6.07, 6.45) is 1.21. The number of furan rings is 1. The van der Waals surface area contributed by atoms with Crippen LogP contribution in [-0.2, 0) is 10.0 Å². The van der Waals surface area contributed by atoms with Crippen LogP contribution >= 0.6 is 0 Å². The van der Waals surface area contributed by atoms with Crippen LogP contribution in [0.25, 0.3) is 0 Å². The first-order valence-electron chi connectivity index (χ1n) is 5.41. The summed E-state index contributed by atoms with van der Waals surface area (Å²) in [4.78, 5) is 0.174. The fourth-order valence-electron chi connectivity index (χ4n) is 1.42. The van der Waals surface area contributed by atoms with Gasteiger partial charge in [-0.25, -0.2) is 0 Å². The van der Waals surface area contributed by atoms with Gasteiger partial charge >= 0.3 is 0 Å². The second-order valence-electron chi connectivity index (χ2n) is 3.97. The summed E-state index contributed by atoms with van der Waals surface area (Å²) in [7, 11) is -3.66. The van der Waals surface area contributed by atoms with Gasteiger partial charge in [-0.15, -0.1) is 0 Å². The van der Waals surface area contributed by atoms with Crippen LogP contribution in [0.5, 0.6) is 0 Å². The van der Waals surface area contributed by atoms with Crippen molar-refractivity contribution >= 4 is 16.2 Å². The summed E-state index contributed by atoms with van der Waals surface area (Å²) >= 11 is 0. The zero-order valence-corrected chi connectivity index (χ0v) is 10.9. The van der Waals surface area contributed by atoms with Gasteiger partial charge in [-0.3, -0.25) is 0 Å². The van der Waals surface area contributed by atoms with E-state index in [4.69, 9.17) is 4.42 Å². The quantitative estimate of drug-likeness (QED) is 0.800. The maximum absolute atomic E-state index is 11.9. The summed E-state index contributed by atoms with van der Waals surface area (Å²) in [5.41, 5.74) is 1.000. The molecule has 0 amide bonds. The third-order valence-electron chi connectivity index (χ3n) is 2.40. The highest BCUT2D eigenvalue weighted by molar-refractivity contribution is 7.90. The first-order chi connectivity index (χ1) is 8.47. The van der Waals surface area contributed by atoms with Gasteiger partial charge in [0.15, 0.2) is 0 Å². The van der Waals surface area contributed by atoms with Crippen molar-refractivity contribution in [1.82, 2.24) is 0 Å². The summed E-state index contributed by atoms with van der Waals surface area (Å²) in [5, 5.41) is 0. The minimum Gasteiger partial charge on any atom is -0.460 e. The van der Waals surface area contributed by atoms with Crippen LogP contribution in [0, 0.1) is 13.8 Å². The highest BCUT2D eigenvalue weighted by Crippen LogP contribution is 2.13. The van der Waals surface area contributed by atoms with Gasteiger partial charge in [-0.05, 0) is 38.1 Å². The van der Waals surface area contributed by atoms with Crippen molar-refractivity contribution in [2.45, 2.75) is 18.7 Å². The zero-order chi connectivity index (χ0) is 13.2. The molecule has 1 aromatic carbocycles. The van der Waals surface area contributed by atoms with Gasteiger partial charge in [0.25, 0.3) is 10.0 Å². The van der Waals surface area contributed by atoms with Gasteiger partial charge < -0.3 is 4.42 Å². The number of benzene rings is 1. The van der Waals surface area contributed by atoms with E-state index in [2.05, 4.69) is 4.40 Å². The molecule has 1 heterocycles. The van der Waals surface area contributed by atoms with Crippen LogP contribution in [0.2, 0.25) is 0 Å². The van der Waals surface area contributed by atoms with Gasteiger partial charge in [-0.1, -0.05) is 17.7 Å². The van der Waals surface area contributed by atoms with Crippen LogP contribution in [0.3, 0.4) is 0 Å². The predicted molar refractivity (Wildman–Crippen MR) is 69.4 cm³/mol. The number of aryl methyl sites for hydroxylation is 2. The maximum atomic E-state index is 11.9. The molecule has 1 aromatic heterocycles. The number of hydrogen-bond donors (Lipinski definition) is 0. The molecular weight excluding hydrogens is 250 g/mol. The third-order valence-corrected chi connectivity index (χ3v) is 3.65. The Bertz CT molecular complexity index is 667. The first-order valence-corrected chi connectivity index (χ1v) is 6.85. The van der Waals surface area contributed by atoms with Crippen LogP contribution in [-0.4, -0.2) is 14.6 Å². The predicted octanol–water partition coefficient (Wildman–Crippen LogP) is 2.70. The molecule has 4 nitrogen and oxygen atoms in total. The van der Waals surface area contributed by atoms with Gasteiger partial charge in [0, 0.05) is 0 Å². The number of rotatable bonds is 3. The lowest BCUT2D eigenvalue weighted by Crippen LogP contribution is -1.97. The standard InChI is InChI=1S/C13H13NO3S/c1-10-3-7-13(8-4-10)18(15,16)14-9-12-6-5-11(2)17-12/h3-9H,1-2H3/b14-9+. The molecule has 2 aromatic rings. The molecule has 18 heavy (non-hydrogen) atoms. The van der Waals surface area contributed by atoms with Crippen molar-refractivity contribution in [3.05, 3.63) is 53.5 Å². The smallest absolute Gasteiger partial charge is 0.282 e. The molecule has 0 atom stereocenters. The van der Waals surface area contributed by atoms with Crippen LogP contribution in [0.15, 0.2) is 50.1 Å². The average molecular weight is 263 g/mol. The largest absolute Gasteiger partial charge is 0.460 e. The molecule has 0 aliphatic rings. The normalized spacial score (nSPS) is 12.1. The Labute approximate surface area is 106 Å². The molecule has 0 fully saturated rings. The molecule has 0 N–H and O–H groups in total. The fraction of sp³-hybridized carbons (Fsp3) is 0.154. The molecule has 94 valence electrons. The summed E-state index contributed by atoms with van der Waals surface area (Å²) in [6.45, 7) is 3.68. The number of nitrogens with zero attached hydrogens (tertiary/aromatic N) is 1. The van der Waals surface area contributed by atoms with Crippen molar-refractivity contribution in [1.29, 1.82) is 0 Å². The minimum absolute atomic E-state index is 0.174. The SMILES string of the molecule is Cc1ccc(S(=O)(=O)/N=C/c2ccc(C)o2)cc1. The van der Waals surface area contributed by atoms with Gasteiger partial charge in [0.05, 0.1) is 11.1 Å². The molecule has 0 saturated heterocycles. The monoisotopic (exact) mass is 263 g/mol. The lowest BCUT2D eigenvalue weighted by molar-refractivity contribution is 0.528. The average Bonchev–Trinajstić information content (AvgIpc) is 2.73. The second kappa shape index (κ2) is 4.78. The van der Waals surface area contributed by atoms with Crippen LogP contribution in [0.1, 0.15) is 17.1 Å². The molecule has 0 unspecified atom stereocenters. The first kappa shape index (κ1) is 12.6. The number of hydrogen-bond acceptors (Lipinski definition) is 3. The van der Waals surface area contributed by atoms with E-state index in [-0.39, 0.29) is 4.90 Å². The Morgan fingerprint density at radius 3 is 2.28 bits per heavy atom. The van der Waals surface area contributed by atoms with E-state index in [1.54, 1.807) is 31.2 Å². The Balaban J connectivity index is 2.27. The topological polar surface area (TPSA) is 59.6 Å². The fourth-order valence-corrected chi connectivity index (χ4v) is 2.26. The van der Waals surface area contributed by atoms with Crippen molar-refractivity contribution in [3.8, 4) is 0 Å². The maximum Gasteiger partial charge on any atom is 0.282 e. The highest BCUT2D eigenvalue weighted by Gasteiger charge is 2.11. The van der Waals surface area contributed by atoms with E-state index >= 15 is 0 Å². The zero-order valence-electron chi connectivity index (χ0n) is 10.1. The summed E-state index contributed by atoms with van der Waals surface area (Å²) in [5.74, 6) is 1.13. The van der Waals surface area contributed by atoms with E-state index in [1.807, 2.05) is 6.92 Å². The summed E-state index contributed by atoms with van der Waals surface area (Å²) in [6, 6.07) is 9.97. The molecule has 0 aliphatic heterocycles. The molecule has 0 spiro atoms.